The zero-order valence-corrected chi connectivity index (χ0v) is 18.5. The molecule has 146 valence electrons. The maximum Gasteiger partial charge on any atom is 0.411 e. The number of hydrogen-bond acceptors (Lipinski definition) is 3. The molecule has 6 heteroatoms. The van der Waals surface area contributed by atoms with Crippen molar-refractivity contribution in [1.82, 2.24) is 0 Å². The van der Waals surface area contributed by atoms with Crippen LogP contribution >= 0.6 is 11.3 Å². The number of ether oxygens (including phenoxy) is 1. The second-order valence-electron chi connectivity index (χ2n) is 8.16. The molecule has 2 saturated heterocycles. The molecule has 0 radical (unpaired) electrons. The Labute approximate surface area is 175 Å². The molecule has 2 aromatic rings. The zero-order chi connectivity index (χ0) is 18.3. The van der Waals surface area contributed by atoms with Crippen LogP contribution in [-0.4, -0.2) is 42.9 Å². The number of carbonyl (C=O) groups is 1. The van der Waals surface area contributed by atoms with Crippen molar-refractivity contribution < 1.29 is 31.0 Å². The third-order valence-corrected chi connectivity index (χ3v) is 7.16. The fourth-order valence-electron chi connectivity index (χ4n) is 4.62. The molecule has 3 atom stereocenters. The van der Waals surface area contributed by atoms with Gasteiger partial charge in [-0.15, -0.1) is 11.3 Å². The molecule has 2 bridgehead atoms. The van der Waals surface area contributed by atoms with Gasteiger partial charge in [0.15, 0.2) is 0 Å². The van der Waals surface area contributed by atoms with E-state index in [1.54, 1.807) is 11.3 Å². The minimum absolute atomic E-state index is 0. The number of nitrogens with zero attached hydrogens (tertiary/aromatic N) is 1. The summed E-state index contributed by atoms with van der Waals surface area (Å²) in [6.07, 6.45) is 4.15. The van der Waals surface area contributed by atoms with Crippen LogP contribution in [0.15, 0.2) is 35.7 Å². The van der Waals surface area contributed by atoms with Crippen molar-refractivity contribution in [1.29, 1.82) is 0 Å². The van der Waals surface area contributed by atoms with E-state index in [1.807, 2.05) is 18.2 Å². The molecular formula is C21H27BrN2O2S. The monoisotopic (exact) mass is 450 g/mol. The number of anilines is 1. The number of quaternary nitrogens is 1. The quantitative estimate of drug-likeness (QED) is 0.726. The SMILES string of the molecule is Cc1ccc(NC(=O)O[C@H]2C[C@H]3CC[C@@H](C2)[N+]3(C)C)c(-c2cccs2)c1.[Br-]. The minimum Gasteiger partial charge on any atom is -1.00 e. The number of piperidine rings is 1. The number of halogens is 1. The van der Waals surface area contributed by atoms with E-state index in [0.717, 1.165) is 33.5 Å². The van der Waals surface area contributed by atoms with Crippen molar-refractivity contribution in [2.24, 2.45) is 0 Å². The van der Waals surface area contributed by atoms with Gasteiger partial charge in [0, 0.05) is 36.1 Å². The van der Waals surface area contributed by atoms with Crippen molar-refractivity contribution in [2.75, 3.05) is 19.4 Å². The lowest BCUT2D eigenvalue weighted by Crippen LogP contribution is -3.00. The Balaban J connectivity index is 0.00000210. The van der Waals surface area contributed by atoms with Crippen LogP contribution in [0.1, 0.15) is 31.2 Å². The van der Waals surface area contributed by atoms with E-state index < -0.39 is 0 Å². The molecule has 2 aliphatic heterocycles. The molecule has 1 N–H and O–H groups in total. The van der Waals surface area contributed by atoms with Crippen molar-refractivity contribution in [3.63, 3.8) is 0 Å². The van der Waals surface area contributed by atoms with Crippen LogP contribution in [0.4, 0.5) is 10.5 Å². The standard InChI is InChI=1S/C21H26N2O2S.BrH/c1-14-6-9-19(18(11-14)20-5-4-10-26-20)22-21(24)25-17-12-15-7-8-16(13-17)23(15,2)3;/h4-6,9-11,15-17H,7-8,12-13H2,1-3H3;1H/t15-,16+,17+;. The summed E-state index contributed by atoms with van der Waals surface area (Å²) in [6.45, 7) is 2.07. The summed E-state index contributed by atoms with van der Waals surface area (Å²) in [6, 6.07) is 11.4. The smallest absolute Gasteiger partial charge is 0.411 e. The normalized spacial score (nSPS) is 25.5. The van der Waals surface area contributed by atoms with E-state index in [0.29, 0.717) is 12.1 Å². The second kappa shape index (κ2) is 7.94. The molecule has 4 nitrogen and oxygen atoms in total. The van der Waals surface area contributed by atoms with Crippen LogP contribution in [0.3, 0.4) is 0 Å². The number of rotatable bonds is 3. The van der Waals surface area contributed by atoms with Gasteiger partial charge in [-0.05, 0) is 30.5 Å². The van der Waals surface area contributed by atoms with Gasteiger partial charge in [0.2, 0.25) is 0 Å². The van der Waals surface area contributed by atoms with Gasteiger partial charge < -0.3 is 26.2 Å². The summed E-state index contributed by atoms with van der Waals surface area (Å²) in [5, 5.41) is 5.04. The third-order valence-electron chi connectivity index (χ3n) is 6.26. The first-order valence-corrected chi connectivity index (χ1v) is 10.3. The Kier molecular flexibility index (Phi) is 5.99. The largest absolute Gasteiger partial charge is 1.00 e. The molecule has 2 aliphatic rings. The Hall–Kier alpha value is -1.37. The lowest BCUT2D eigenvalue weighted by Gasteiger charge is -2.43. The van der Waals surface area contributed by atoms with E-state index in [4.69, 9.17) is 4.74 Å². The van der Waals surface area contributed by atoms with E-state index in [9.17, 15) is 4.79 Å². The second-order valence-corrected chi connectivity index (χ2v) is 9.11. The van der Waals surface area contributed by atoms with Crippen LogP contribution in [0.5, 0.6) is 0 Å². The Morgan fingerprint density at radius 1 is 1.19 bits per heavy atom. The molecule has 3 heterocycles. The lowest BCUT2D eigenvalue weighted by molar-refractivity contribution is -0.931. The highest BCUT2D eigenvalue weighted by Crippen LogP contribution is 2.40. The highest BCUT2D eigenvalue weighted by Gasteiger charge is 2.49. The van der Waals surface area contributed by atoms with Crippen LogP contribution in [0.2, 0.25) is 0 Å². The maximum atomic E-state index is 12.5. The molecule has 1 amide bonds. The third kappa shape index (κ3) is 4.08. The Morgan fingerprint density at radius 3 is 2.52 bits per heavy atom. The molecule has 0 spiro atoms. The number of nitrogens with one attached hydrogen (secondary N) is 1. The molecular weight excluding hydrogens is 424 g/mol. The van der Waals surface area contributed by atoms with Gasteiger partial charge in [-0.25, -0.2) is 4.79 Å². The van der Waals surface area contributed by atoms with Crippen LogP contribution < -0.4 is 22.3 Å². The van der Waals surface area contributed by atoms with Gasteiger partial charge in [0.25, 0.3) is 0 Å². The van der Waals surface area contributed by atoms with Crippen LogP contribution in [0, 0.1) is 6.92 Å². The number of fused-ring (bicyclic) bond motifs is 2. The van der Waals surface area contributed by atoms with Gasteiger partial charge in [0.05, 0.1) is 31.9 Å². The first-order valence-electron chi connectivity index (χ1n) is 9.39. The summed E-state index contributed by atoms with van der Waals surface area (Å²) in [4.78, 5) is 13.7. The van der Waals surface area contributed by atoms with Crippen molar-refractivity contribution >= 4 is 23.1 Å². The van der Waals surface area contributed by atoms with Crippen LogP contribution in [-0.2, 0) is 4.74 Å². The fraction of sp³-hybridized carbons (Fsp3) is 0.476. The average molecular weight is 451 g/mol. The summed E-state index contributed by atoms with van der Waals surface area (Å²) in [5.74, 6) is 0. The molecule has 0 unspecified atom stereocenters. The summed E-state index contributed by atoms with van der Waals surface area (Å²) in [7, 11) is 4.64. The molecule has 0 saturated carbocycles. The fourth-order valence-corrected chi connectivity index (χ4v) is 5.38. The van der Waals surface area contributed by atoms with E-state index in [2.05, 4.69) is 43.8 Å². The number of thiophene rings is 1. The van der Waals surface area contributed by atoms with E-state index in [1.165, 1.54) is 18.4 Å². The highest BCUT2D eigenvalue weighted by molar-refractivity contribution is 7.13. The van der Waals surface area contributed by atoms with Gasteiger partial charge >= 0.3 is 6.09 Å². The van der Waals surface area contributed by atoms with Gasteiger partial charge in [0.1, 0.15) is 6.10 Å². The molecule has 27 heavy (non-hydrogen) atoms. The van der Waals surface area contributed by atoms with Gasteiger partial charge in [-0.3, -0.25) is 5.32 Å². The zero-order valence-electron chi connectivity index (χ0n) is 16.1. The van der Waals surface area contributed by atoms with Crippen molar-refractivity contribution in [3.05, 3.63) is 41.3 Å². The molecule has 2 fully saturated rings. The average Bonchev–Trinajstić information content (AvgIpc) is 3.13. The first kappa shape index (κ1) is 20.4. The van der Waals surface area contributed by atoms with Crippen molar-refractivity contribution in [2.45, 2.75) is 50.8 Å². The number of hydrogen-bond donors (Lipinski definition) is 1. The predicted molar refractivity (Wildman–Crippen MR) is 107 cm³/mol. The van der Waals surface area contributed by atoms with E-state index >= 15 is 0 Å². The number of benzene rings is 1. The van der Waals surface area contributed by atoms with Gasteiger partial charge in [-0.1, -0.05) is 17.7 Å². The number of aryl methyl sites for hydroxylation is 1. The Morgan fingerprint density at radius 2 is 1.89 bits per heavy atom. The lowest BCUT2D eigenvalue weighted by atomic mass is 9.98. The van der Waals surface area contributed by atoms with Crippen LogP contribution in [0.25, 0.3) is 10.4 Å². The summed E-state index contributed by atoms with van der Waals surface area (Å²) in [5.41, 5.74) is 3.05. The predicted octanol–water partition coefficient (Wildman–Crippen LogP) is 2.05. The van der Waals surface area contributed by atoms with Crippen molar-refractivity contribution in [3.8, 4) is 10.4 Å². The maximum absolute atomic E-state index is 12.5. The highest BCUT2D eigenvalue weighted by atomic mass is 79.9. The molecule has 0 aliphatic carbocycles. The number of carbonyl (C=O) groups excluding carboxylic acids is 1. The summed E-state index contributed by atoms with van der Waals surface area (Å²) >= 11 is 1.68. The van der Waals surface area contributed by atoms with Gasteiger partial charge in [-0.2, -0.15) is 0 Å². The van der Waals surface area contributed by atoms with E-state index in [-0.39, 0.29) is 29.2 Å². The number of amides is 1. The molecule has 4 rings (SSSR count). The summed E-state index contributed by atoms with van der Waals surface area (Å²) < 4.78 is 6.90. The molecule has 1 aromatic carbocycles. The first-order chi connectivity index (χ1) is 12.4. The Bertz CT molecular complexity index is 791. The topological polar surface area (TPSA) is 38.3 Å². The molecule has 1 aromatic heterocycles. The minimum atomic E-state index is -0.330.